The largest absolute Gasteiger partial charge is 0.480 e. The van der Waals surface area contributed by atoms with E-state index >= 15 is 0 Å². The molecule has 0 saturated heterocycles. The van der Waals surface area contributed by atoms with Gasteiger partial charge in [0.15, 0.2) is 5.96 Å². The van der Waals surface area contributed by atoms with Gasteiger partial charge >= 0.3 is 17.9 Å². The molecule has 0 aromatic carbocycles. The van der Waals surface area contributed by atoms with Gasteiger partial charge in [-0.15, -0.1) is 0 Å². The Labute approximate surface area is 173 Å². The van der Waals surface area contributed by atoms with Crippen LogP contribution in [0.4, 0.5) is 0 Å². The summed E-state index contributed by atoms with van der Waals surface area (Å²) < 4.78 is 0. The molecule has 4 unspecified atom stereocenters. The lowest BCUT2D eigenvalue weighted by atomic mass is 10.2. The van der Waals surface area contributed by atoms with Gasteiger partial charge in [-0.2, -0.15) is 11.8 Å². The average molecular weight is 443 g/mol. The van der Waals surface area contributed by atoms with Crippen LogP contribution < -0.4 is 28.7 Å². The summed E-state index contributed by atoms with van der Waals surface area (Å²) in [6.45, 7) is 1.75. The van der Waals surface area contributed by atoms with Crippen molar-refractivity contribution in [3.63, 3.8) is 0 Å². The predicted molar refractivity (Wildman–Crippen MR) is 111 cm³/mol. The lowest BCUT2D eigenvalue weighted by molar-refractivity contribution is -0.141. The van der Waals surface area contributed by atoms with E-state index in [1.54, 1.807) is 11.8 Å². The first kappa shape index (κ1) is 31.6. The monoisotopic (exact) mass is 442 g/mol. The van der Waals surface area contributed by atoms with E-state index in [1.807, 2.05) is 6.26 Å². The van der Waals surface area contributed by atoms with Crippen molar-refractivity contribution in [1.29, 1.82) is 0 Å². The summed E-state index contributed by atoms with van der Waals surface area (Å²) in [6, 6.07) is -2.66. The number of aliphatic imine (C=N–C) groups is 1. The third-order valence-electron chi connectivity index (χ3n) is 3.04. The van der Waals surface area contributed by atoms with E-state index in [0.717, 1.165) is 5.75 Å². The Bertz CT molecular complexity index is 504. The summed E-state index contributed by atoms with van der Waals surface area (Å²) >= 11 is 1.60. The fourth-order valence-corrected chi connectivity index (χ4v) is 1.71. The van der Waals surface area contributed by atoms with Crippen molar-refractivity contribution >= 4 is 35.6 Å². The Balaban J connectivity index is -0.000000359. The summed E-state index contributed by atoms with van der Waals surface area (Å²) in [5, 5.41) is 33.2. The fourth-order valence-electron chi connectivity index (χ4n) is 1.22. The third kappa shape index (κ3) is 23.8. The number of guanidine groups is 1. The van der Waals surface area contributed by atoms with Crippen LogP contribution in [0, 0.1) is 0 Å². The lowest BCUT2D eigenvalue weighted by Gasteiger charge is -2.06. The van der Waals surface area contributed by atoms with Gasteiger partial charge in [-0.3, -0.25) is 19.4 Å². The summed E-state index contributed by atoms with van der Waals surface area (Å²) in [5.41, 5.74) is 25.4. The zero-order chi connectivity index (χ0) is 23.6. The number of aliphatic hydroxyl groups excluding tert-OH is 1. The number of hydrogen-bond acceptors (Lipinski definition) is 9. The van der Waals surface area contributed by atoms with Crippen LogP contribution in [0.2, 0.25) is 0 Å². The molecule has 29 heavy (non-hydrogen) atoms. The molecular weight excluding hydrogens is 408 g/mol. The molecule has 14 heteroatoms. The standard InChI is InChI=1S/C6H14N4O2.C5H11NO2S.C4H9NO3/c7-4(5(11)12)2-1-3-10-6(8)9;1-9-3-2-4(6)5(7)8;1-2(6)3(5)4(7)8/h4H,1-3,7H2,(H,11,12)(H4,8,9,10);4H,2-3,6H2,1H3,(H,7,8);2-3,6H,5H2,1H3,(H,7,8). The van der Waals surface area contributed by atoms with Crippen LogP contribution in [0.25, 0.3) is 0 Å². The number of aliphatic hydroxyl groups is 1. The fraction of sp³-hybridized carbons (Fsp3) is 0.733. The number of rotatable bonds is 11. The molecule has 0 saturated carbocycles. The Kier molecular flexibility index (Phi) is 20.9. The summed E-state index contributed by atoms with van der Waals surface area (Å²) in [5.74, 6) is -2.27. The minimum absolute atomic E-state index is 0.0129. The minimum Gasteiger partial charge on any atom is -0.480 e. The molecule has 0 radical (unpaired) electrons. The molecule has 0 aliphatic rings. The normalized spacial score (nSPS) is 13.9. The highest BCUT2D eigenvalue weighted by atomic mass is 32.2. The number of nitrogens with zero attached hydrogens (tertiary/aromatic N) is 1. The number of carbonyl (C=O) groups is 3. The maximum absolute atomic E-state index is 10.2. The molecule has 4 atom stereocenters. The van der Waals surface area contributed by atoms with Crippen LogP contribution in [0.15, 0.2) is 4.99 Å². The van der Waals surface area contributed by atoms with Crippen molar-refractivity contribution in [3.8, 4) is 0 Å². The Morgan fingerprint density at radius 3 is 1.66 bits per heavy atom. The number of carboxylic acids is 3. The van der Waals surface area contributed by atoms with Crippen LogP contribution in [0.5, 0.6) is 0 Å². The van der Waals surface area contributed by atoms with E-state index in [2.05, 4.69) is 4.99 Å². The van der Waals surface area contributed by atoms with Gasteiger partial charge in [-0.1, -0.05) is 0 Å². The first-order valence-electron chi connectivity index (χ1n) is 8.45. The SMILES string of the molecule is CC(O)C(N)C(=O)O.CSCCC(N)C(=O)O.NC(N)=NCCCC(N)C(=O)O. The molecule has 0 bridgehead atoms. The Morgan fingerprint density at radius 1 is 0.931 bits per heavy atom. The van der Waals surface area contributed by atoms with Crippen LogP contribution in [0.3, 0.4) is 0 Å². The topological polar surface area (TPSA) is 275 Å². The summed E-state index contributed by atoms with van der Waals surface area (Å²) in [7, 11) is 0. The van der Waals surface area contributed by atoms with Crippen molar-refractivity contribution < 1.29 is 34.8 Å². The molecule has 0 spiro atoms. The first-order chi connectivity index (χ1) is 13.3. The quantitative estimate of drug-likeness (QED) is 0.0901. The summed E-state index contributed by atoms with van der Waals surface area (Å²) in [4.78, 5) is 33.8. The van der Waals surface area contributed by atoms with Gasteiger partial charge in [-0.25, -0.2) is 0 Å². The first-order valence-corrected chi connectivity index (χ1v) is 9.84. The second-order valence-corrected chi connectivity index (χ2v) is 6.71. The number of carboxylic acid groups (broad SMARTS) is 3. The molecule has 13 nitrogen and oxygen atoms in total. The highest BCUT2D eigenvalue weighted by molar-refractivity contribution is 7.98. The van der Waals surface area contributed by atoms with Gasteiger partial charge in [0.1, 0.15) is 18.1 Å². The van der Waals surface area contributed by atoms with E-state index in [4.69, 9.17) is 49.1 Å². The van der Waals surface area contributed by atoms with Crippen molar-refractivity contribution in [3.05, 3.63) is 0 Å². The van der Waals surface area contributed by atoms with E-state index in [1.165, 1.54) is 6.92 Å². The molecule has 0 fully saturated rings. The highest BCUT2D eigenvalue weighted by Crippen LogP contribution is 1.97. The highest BCUT2D eigenvalue weighted by Gasteiger charge is 2.16. The lowest BCUT2D eigenvalue weighted by Crippen LogP contribution is -2.39. The number of aliphatic carboxylic acids is 3. The van der Waals surface area contributed by atoms with Crippen LogP contribution in [0.1, 0.15) is 26.2 Å². The third-order valence-corrected chi connectivity index (χ3v) is 3.68. The van der Waals surface area contributed by atoms with Crippen molar-refractivity contribution in [2.45, 2.75) is 50.4 Å². The maximum Gasteiger partial charge on any atom is 0.323 e. The van der Waals surface area contributed by atoms with Gasteiger partial charge in [0.25, 0.3) is 0 Å². The van der Waals surface area contributed by atoms with Crippen molar-refractivity contribution in [1.82, 2.24) is 0 Å². The second-order valence-electron chi connectivity index (χ2n) is 5.72. The van der Waals surface area contributed by atoms with E-state index < -0.39 is 42.1 Å². The molecule has 0 aromatic rings. The Morgan fingerprint density at radius 2 is 1.38 bits per heavy atom. The molecule has 0 aliphatic carbocycles. The van der Waals surface area contributed by atoms with Crippen LogP contribution in [-0.2, 0) is 14.4 Å². The molecule has 0 aromatic heterocycles. The second kappa shape index (κ2) is 19.2. The van der Waals surface area contributed by atoms with E-state index in [-0.39, 0.29) is 5.96 Å². The predicted octanol–water partition coefficient (Wildman–Crippen LogP) is -2.62. The smallest absolute Gasteiger partial charge is 0.323 e. The maximum atomic E-state index is 10.2. The van der Waals surface area contributed by atoms with Gasteiger partial charge in [0, 0.05) is 6.54 Å². The molecule has 14 N–H and O–H groups in total. The van der Waals surface area contributed by atoms with E-state index in [0.29, 0.717) is 25.8 Å². The molecule has 172 valence electrons. The molecule has 0 amide bonds. The van der Waals surface area contributed by atoms with Gasteiger partial charge in [0.2, 0.25) is 0 Å². The van der Waals surface area contributed by atoms with Gasteiger partial charge in [0.05, 0.1) is 6.10 Å². The zero-order valence-corrected chi connectivity index (χ0v) is 17.4. The minimum atomic E-state index is -1.18. The van der Waals surface area contributed by atoms with Crippen molar-refractivity contribution in [2.75, 3.05) is 18.6 Å². The molecule has 0 aliphatic heterocycles. The van der Waals surface area contributed by atoms with Gasteiger partial charge < -0.3 is 49.1 Å². The molecule has 0 heterocycles. The van der Waals surface area contributed by atoms with Crippen LogP contribution >= 0.6 is 11.8 Å². The number of thioether (sulfide) groups is 1. The van der Waals surface area contributed by atoms with Crippen molar-refractivity contribution in [2.24, 2.45) is 33.7 Å². The molecular formula is C15H34N6O7S. The zero-order valence-electron chi connectivity index (χ0n) is 16.6. The Hall–Kier alpha value is -2.13. The number of hydrogen-bond donors (Lipinski definition) is 9. The summed E-state index contributed by atoms with van der Waals surface area (Å²) in [6.07, 6.45) is 2.45. The van der Waals surface area contributed by atoms with Crippen LogP contribution in [-0.4, -0.2) is 87.1 Å². The average Bonchev–Trinajstić information content (AvgIpc) is 2.62. The molecule has 0 rings (SSSR count). The number of nitrogens with two attached hydrogens (primary N) is 5. The van der Waals surface area contributed by atoms with Gasteiger partial charge in [-0.05, 0) is 38.2 Å². The van der Waals surface area contributed by atoms with E-state index in [9.17, 15) is 14.4 Å².